The van der Waals surface area contributed by atoms with Crippen molar-refractivity contribution in [2.24, 2.45) is 0 Å². The van der Waals surface area contributed by atoms with Crippen molar-refractivity contribution in [3.05, 3.63) is 40.9 Å². The molecule has 0 unspecified atom stereocenters. The molecule has 0 saturated heterocycles. The maximum Gasteiger partial charge on any atom is 0.138 e. The first-order valence-corrected chi connectivity index (χ1v) is 5.59. The molecular formula is C11H10BrN3O. The second-order valence-corrected chi connectivity index (χ2v) is 4.36. The molecule has 5 heteroatoms. The Bertz CT molecular complexity index is 508. The van der Waals surface area contributed by atoms with Gasteiger partial charge >= 0.3 is 0 Å². The van der Waals surface area contributed by atoms with Crippen LogP contribution in [0.2, 0.25) is 0 Å². The molecule has 0 amide bonds. The van der Waals surface area contributed by atoms with Gasteiger partial charge in [-0.1, -0.05) is 6.07 Å². The largest absolute Gasteiger partial charge is 0.300 e. The topological polar surface area (TPSA) is 47.8 Å². The van der Waals surface area contributed by atoms with Gasteiger partial charge in [-0.15, -0.1) is 0 Å². The van der Waals surface area contributed by atoms with Crippen LogP contribution in [0.5, 0.6) is 0 Å². The van der Waals surface area contributed by atoms with Crippen molar-refractivity contribution in [2.75, 3.05) is 0 Å². The van der Waals surface area contributed by atoms with Gasteiger partial charge in [-0.3, -0.25) is 4.79 Å². The first kappa shape index (κ1) is 11.0. The Balaban J connectivity index is 2.34. The van der Waals surface area contributed by atoms with Crippen LogP contribution >= 0.6 is 15.9 Å². The van der Waals surface area contributed by atoms with E-state index in [9.17, 15) is 4.79 Å². The van der Waals surface area contributed by atoms with E-state index in [0.717, 1.165) is 15.7 Å². The number of carbonyl (C=O) groups excluding carboxylic acids is 1. The van der Waals surface area contributed by atoms with Crippen molar-refractivity contribution in [1.82, 2.24) is 14.8 Å². The summed E-state index contributed by atoms with van der Waals surface area (Å²) in [5.41, 5.74) is 1.90. The zero-order chi connectivity index (χ0) is 11.5. The summed E-state index contributed by atoms with van der Waals surface area (Å²) in [6.45, 7) is 1.58. The number of rotatable bonds is 3. The maximum absolute atomic E-state index is 11.0. The predicted octanol–water partition coefficient (Wildman–Crippen LogP) is 2.16. The molecule has 0 bridgehead atoms. The molecule has 82 valence electrons. The Morgan fingerprint density at radius 2 is 2.31 bits per heavy atom. The van der Waals surface area contributed by atoms with Crippen LogP contribution in [0.15, 0.2) is 35.3 Å². The summed E-state index contributed by atoms with van der Waals surface area (Å²) in [5, 5.41) is 4.05. The highest BCUT2D eigenvalue weighted by molar-refractivity contribution is 9.10. The number of nitrogens with zero attached hydrogens (tertiary/aromatic N) is 3. The third-order valence-electron chi connectivity index (χ3n) is 2.13. The Hall–Kier alpha value is -1.49. The van der Waals surface area contributed by atoms with Crippen molar-refractivity contribution in [3.63, 3.8) is 0 Å². The Kier molecular flexibility index (Phi) is 3.14. The molecule has 0 aliphatic rings. The number of halogens is 1. The molecule has 2 aromatic rings. The molecule has 2 rings (SSSR count). The molecule has 0 atom stereocenters. The molecule has 0 radical (unpaired) electrons. The molecule has 0 spiro atoms. The molecule has 0 N–H and O–H groups in total. The van der Waals surface area contributed by atoms with Gasteiger partial charge in [0.05, 0.1) is 5.69 Å². The highest BCUT2D eigenvalue weighted by Crippen LogP contribution is 2.21. The fourth-order valence-corrected chi connectivity index (χ4v) is 2.07. The van der Waals surface area contributed by atoms with Crippen molar-refractivity contribution in [3.8, 4) is 5.69 Å². The van der Waals surface area contributed by atoms with Gasteiger partial charge in [0, 0.05) is 10.9 Å². The summed E-state index contributed by atoms with van der Waals surface area (Å²) >= 11 is 3.46. The van der Waals surface area contributed by atoms with Crippen molar-refractivity contribution < 1.29 is 4.79 Å². The standard InChI is InChI=1S/C11H10BrN3O/c1-8(16)4-9-2-3-11(10(12)5-9)15-7-13-6-14-15/h2-3,5-7H,4H2,1H3. The van der Waals surface area contributed by atoms with Gasteiger partial charge in [-0.2, -0.15) is 5.10 Å². The van der Waals surface area contributed by atoms with Crippen LogP contribution in [0.1, 0.15) is 12.5 Å². The van der Waals surface area contributed by atoms with Gasteiger partial charge in [-0.25, -0.2) is 9.67 Å². The van der Waals surface area contributed by atoms with Crippen LogP contribution in [0, 0.1) is 0 Å². The molecular weight excluding hydrogens is 270 g/mol. The van der Waals surface area contributed by atoms with E-state index in [2.05, 4.69) is 26.0 Å². The van der Waals surface area contributed by atoms with Crippen molar-refractivity contribution in [1.29, 1.82) is 0 Å². The lowest BCUT2D eigenvalue weighted by Gasteiger charge is -2.05. The minimum Gasteiger partial charge on any atom is -0.300 e. The summed E-state index contributed by atoms with van der Waals surface area (Å²) in [7, 11) is 0. The number of Topliss-reactive ketones (excluding diaryl/α,β-unsaturated/α-hetero) is 1. The van der Waals surface area contributed by atoms with E-state index in [1.165, 1.54) is 6.33 Å². The van der Waals surface area contributed by atoms with Crippen LogP contribution in [0.3, 0.4) is 0 Å². The lowest BCUT2D eigenvalue weighted by molar-refractivity contribution is -0.116. The average Bonchev–Trinajstić information content (AvgIpc) is 2.69. The second kappa shape index (κ2) is 4.57. The monoisotopic (exact) mass is 279 g/mol. The zero-order valence-corrected chi connectivity index (χ0v) is 10.3. The number of ketones is 1. The molecule has 1 aromatic heterocycles. The highest BCUT2D eigenvalue weighted by Gasteiger charge is 2.05. The van der Waals surface area contributed by atoms with E-state index in [1.807, 2.05) is 18.2 Å². The fraction of sp³-hybridized carbons (Fsp3) is 0.182. The molecule has 1 heterocycles. The van der Waals surface area contributed by atoms with E-state index in [1.54, 1.807) is 17.9 Å². The van der Waals surface area contributed by atoms with E-state index in [-0.39, 0.29) is 5.78 Å². The van der Waals surface area contributed by atoms with Crippen LogP contribution in [-0.2, 0) is 11.2 Å². The number of benzene rings is 1. The number of hydrogen-bond acceptors (Lipinski definition) is 3. The zero-order valence-electron chi connectivity index (χ0n) is 8.72. The van der Waals surface area contributed by atoms with Gasteiger partial charge in [0.15, 0.2) is 0 Å². The van der Waals surface area contributed by atoms with E-state index in [4.69, 9.17) is 0 Å². The third-order valence-corrected chi connectivity index (χ3v) is 2.77. The second-order valence-electron chi connectivity index (χ2n) is 3.50. The van der Waals surface area contributed by atoms with Crippen LogP contribution in [0.4, 0.5) is 0 Å². The van der Waals surface area contributed by atoms with Crippen molar-refractivity contribution >= 4 is 21.7 Å². The van der Waals surface area contributed by atoms with Gasteiger partial charge in [0.1, 0.15) is 18.4 Å². The Labute approximate surface area is 101 Å². The highest BCUT2D eigenvalue weighted by atomic mass is 79.9. The van der Waals surface area contributed by atoms with Gasteiger partial charge < -0.3 is 0 Å². The average molecular weight is 280 g/mol. The van der Waals surface area contributed by atoms with Crippen LogP contribution < -0.4 is 0 Å². The molecule has 1 aromatic carbocycles. The van der Waals surface area contributed by atoms with Gasteiger partial charge in [0.25, 0.3) is 0 Å². The number of carbonyl (C=O) groups is 1. The normalized spacial score (nSPS) is 10.4. The molecule has 0 aliphatic carbocycles. The molecule has 4 nitrogen and oxygen atoms in total. The minimum absolute atomic E-state index is 0.153. The predicted molar refractivity (Wildman–Crippen MR) is 63.4 cm³/mol. The summed E-state index contributed by atoms with van der Waals surface area (Å²) in [5.74, 6) is 0.153. The molecule has 0 saturated carbocycles. The third kappa shape index (κ3) is 2.36. The smallest absolute Gasteiger partial charge is 0.138 e. The van der Waals surface area contributed by atoms with Crippen molar-refractivity contribution in [2.45, 2.75) is 13.3 Å². The maximum atomic E-state index is 11.0. The van der Waals surface area contributed by atoms with Crippen LogP contribution in [-0.4, -0.2) is 20.5 Å². The molecule has 0 aliphatic heterocycles. The van der Waals surface area contributed by atoms with E-state index in [0.29, 0.717) is 6.42 Å². The molecule has 16 heavy (non-hydrogen) atoms. The fourth-order valence-electron chi connectivity index (χ4n) is 1.47. The lowest BCUT2D eigenvalue weighted by atomic mass is 10.1. The van der Waals surface area contributed by atoms with Gasteiger partial charge in [0.2, 0.25) is 0 Å². The Morgan fingerprint density at radius 3 is 2.88 bits per heavy atom. The summed E-state index contributed by atoms with van der Waals surface area (Å²) in [6.07, 6.45) is 3.57. The SMILES string of the molecule is CC(=O)Cc1ccc(-n2cncn2)c(Br)c1. The van der Waals surface area contributed by atoms with E-state index < -0.39 is 0 Å². The first-order chi connectivity index (χ1) is 7.66. The molecule has 0 fully saturated rings. The number of hydrogen-bond donors (Lipinski definition) is 0. The lowest BCUT2D eigenvalue weighted by Crippen LogP contribution is -1.99. The summed E-state index contributed by atoms with van der Waals surface area (Å²) in [6, 6.07) is 5.76. The minimum atomic E-state index is 0.153. The summed E-state index contributed by atoms with van der Waals surface area (Å²) in [4.78, 5) is 14.9. The van der Waals surface area contributed by atoms with Gasteiger partial charge in [-0.05, 0) is 40.5 Å². The summed E-state index contributed by atoms with van der Waals surface area (Å²) < 4.78 is 2.57. The Morgan fingerprint density at radius 1 is 1.50 bits per heavy atom. The first-order valence-electron chi connectivity index (χ1n) is 4.79. The quantitative estimate of drug-likeness (QED) is 0.865. The van der Waals surface area contributed by atoms with E-state index >= 15 is 0 Å². The number of aromatic nitrogens is 3. The van der Waals surface area contributed by atoms with Crippen LogP contribution in [0.25, 0.3) is 5.69 Å².